The minimum Gasteiger partial charge on any atom is -0.0651 e. The van der Waals surface area contributed by atoms with Crippen molar-refractivity contribution in [3.8, 4) is 0 Å². The molecular weight excluding hydrogens is 204 g/mol. The maximum Gasteiger partial charge on any atom is -0.0181 e. The number of rotatable bonds is 5. The van der Waals surface area contributed by atoms with Crippen molar-refractivity contribution in [1.82, 2.24) is 0 Å². The van der Waals surface area contributed by atoms with Gasteiger partial charge >= 0.3 is 0 Å². The van der Waals surface area contributed by atoms with Gasteiger partial charge in [0.25, 0.3) is 0 Å². The average Bonchev–Trinajstić information content (AvgIpc) is 2.38. The predicted octanol–water partition coefficient (Wildman–Crippen LogP) is 5.21. The van der Waals surface area contributed by atoms with Gasteiger partial charge in [-0.05, 0) is 35.1 Å². The molecule has 0 N–H and O–H groups in total. The molecule has 0 aliphatic carbocycles. The molecule has 17 heavy (non-hydrogen) atoms. The molecule has 0 aliphatic rings. The van der Waals surface area contributed by atoms with E-state index >= 15 is 0 Å². The van der Waals surface area contributed by atoms with Crippen LogP contribution in [0.1, 0.15) is 38.7 Å². The number of hydrogen-bond donors (Lipinski definition) is 0. The Bertz CT molecular complexity index is 470. The lowest BCUT2D eigenvalue weighted by molar-refractivity contribution is 0.496. The molecule has 0 heterocycles. The summed E-state index contributed by atoms with van der Waals surface area (Å²) in [6, 6.07) is 15.5. The summed E-state index contributed by atoms with van der Waals surface area (Å²) in [6.45, 7) is 4.63. The topological polar surface area (TPSA) is 0 Å². The Balaban J connectivity index is 1.99. The second kappa shape index (κ2) is 5.86. The van der Waals surface area contributed by atoms with Crippen LogP contribution in [0.3, 0.4) is 0 Å². The fourth-order valence-corrected chi connectivity index (χ4v) is 2.25. The number of fused-ring (bicyclic) bond motifs is 1. The molecule has 0 bridgehead atoms. The van der Waals surface area contributed by atoms with Crippen molar-refractivity contribution in [3.63, 3.8) is 0 Å². The first kappa shape index (κ1) is 12.2. The molecule has 0 saturated carbocycles. The van der Waals surface area contributed by atoms with Crippen LogP contribution in [0, 0.1) is 5.92 Å². The van der Waals surface area contributed by atoms with Gasteiger partial charge in [-0.3, -0.25) is 0 Å². The third kappa shape index (κ3) is 3.33. The van der Waals surface area contributed by atoms with Gasteiger partial charge in [0.1, 0.15) is 0 Å². The van der Waals surface area contributed by atoms with Crippen LogP contribution in [-0.2, 0) is 6.42 Å². The third-order valence-electron chi connectivity index (χ3n) is 3.67. The Morgan fingerprint density at radius 2 is 1.76 bits per heavy atom. The minimum absolute atomic E-state index is 0.871. The Labute approximate surface area is 105 Å². The first-order valence-electron chi connectivity index (χ1n) is 6.77. The van der Waals surface area contributed by atoms with E-state index in [2.05, 4.69) is 56.3 Å². The first-order valence-corrected chi connectivity index (χ1v) is 6.77. The van der Waals surface area contributed by atoms with Crippen LogP contribution in [-0.4, -0.2) is 0 Å². The monoisotopic (exact) mass is 226 g/mol. The second-order valence-corrected chi connectivity index (χ2v) is 5.09. The molecule has 2 aromatic carbocycles. The quantitative estimate of drug-likeness (QED) is 0.656. The molecule has 0 aromatic heterocycles. The van der Waals surface area contributed by atoms with Crippen LogP contribution < -0.4 is 0 Å². The summed E-state index contributed by atoms with van der Waals surface area (Å²) >= 11 is 0. The van der Waals surface area contributed by atoms with Crippen molar-refractivity contribution in [1.29, 1.82) is 0 Å². The minimum atomic E-state index is 0.871. The molecule has 1 unspecified atom stereocenters. The number of hydrogen-bond acceptors (Lipinski definition) is 0. The summed E-state index contributed by atoms with van der Waals surface area (Å²) in [4.78, 5) is 0. The molecule has 0 saturated heterocycles. The van der Waals surface area contributed by atoms with Gasteiger partial charge < -0.3 is 0 Å². The molecule has 0 nitrogen and oxygen atoms in total. The largest absolute Gasteiger partial charge is 0.0651 e. The number of benzene rings is 2. The van der Waals surface area contributed by atoms with Gasteiger partial charge in [0, 0.05) is 0 Å². The van der Waals surface area contributed by atoms with E-state index in [0.29, 0.717) is 0 Å². The van der Waals surface area contributed by atoms with E-state index in [0.717, 1.165) is 5.92 Å². The summed E-state index contributed by atoms with van der Waals surface area (Å²) in [5.74, 6) is 0.871. The Morgan fingerprint density at radius 1 is 1.00 bits per heavy atom. The fraction of sp³-hybridized carbons (Fsp3) is 0.412. The van der Waals surface area contributed by atoms with E-state index < -0.39 is 0 Å². The van der Waals surface area contributed by atoms with Crippen LogP contribution in [0.15, 0.2) is 42.5 Å². The Kier molecular flexibility index (Phi) is 4.19. The molecule has 90 valence electrons. The van der Waals surface area contributed by atoms with Gasteiger partial charge in [-0.25, -0.2) is 0 Å². The molecule has 0 spiro atoms. The van der Waals surface area contributed by atoms with Gasteiger partial charge in [-0.15, -0.1) is 0 Å². The summed E-state index contributed by atoms with van der Waals surface area (Å²) in [5, 5.41) is 2.71. The molecule has 2 aromatic rings. The van der Waals surface area contributed by atoms with Crippen molar-refractivity contribution in [3.05, 3.63) is 48.0 Å². The van der Waals surface area contributed by atoms with E-state index in [1.807, 2.05) is 0 Å². The average molecular weight is 226 g/mol. The molecule has 0 radical (unpaired) electrons. The zero-order valence-corrected chi connectivity index (χ0v) is 10.9. The smallest absolute Gasteiger partial charge is 0.0181 e. The molecule has 2 rings (SSSR count). The lowest BCUT2D eigenvalue weighted by Gasteiger charge is -2.08. The lowest BCUT2D eigenvalue weighted by Crippen LogP contribution is -1.94. The Hall–Kier alpha value is -1.30. The van der Waals surface area contributed by atoms with Crippen LogP contribution in [0.25, 0.3) is 10.8 Å². The van der Waals surface area contributed by atoms with Crippen LogP contribution >= 0.6 is 0 Å². The zero-order valence-electron chi connectivity index (χ0n) is 10.9. The summed E-state index contributed by atoms with van der Waals surface area (Å²) in [5.41, 5.74) is 1.48. The van der Waals surface area contributed by atoms with Gasteiger partial charge in [-0.2, -0.15) is 0 Å². The van der Waals surface area contributed by atoms with Crippen molar-refractivity contribution >= 4 is 10.8 Å². The second-order valence-electron chi connectivity index (χ2n) is 5.09. The highest BCUT2D eigenvalue weighted by Gasteiger charge is 2.00. The van der Waals surface area contributed by atoms with Gasteiger partial charge in [-0.1, -0.05) is 69.2 Å². The van der Waals surface area contributed by atoms with E-state index in [9.17, 15) is 0 Å². The normalized spacial score (nSPS) is 12.8. The zero-order chi connectivity index (χ0) is 12.1. The van der Waals surface area contributed by atoms with Crippen molar-refractivity contribution in [2.45, 2.75) is 39.5 Å². The van der Waals surface area contributed by atoms with E-state index in [-0.39, 0.29) is 0 Å². The van der Waals surface area contributed by atoms with Gasteiger partial charge in [0.05, 0.1) is 0 Å². The number of aryl methyl sites for hydroxylation is 1. The maximum absolute atomic E-state index is 2.35. The highest BCUT2D eigenvalue weighted by atomic mass is 14.1. The van der Waals surface area contributed by atoms with Crippen molar-refractivity contribution in [2.75, 3.05) is 0 Å². The molecule has 0 heteroatoms. The van der Waals surface area contributed by atoms with Crippen LogP contribution in [0.5, 0.6) is 0 Å². The molecular formula is C17H22. The summed E-state index contributed by atoms with van der Waals surface area (Å²) < 4.78 is 0. The molecule has 0 amide bonds. The molecule has 1 atom stereocenters. The van der Waals surface area contributed by atoms with Gasteiger partial charge in [0.15, 0.2) is 0 Å². The molecule has 0 aliphatic heterocycles. The lowest BCUT2D eigenvalue weighted by atomic mass is 9.98. The van der Waals surface area contributed by atoms with Crippen molar-refractivity contribution < 1.29 is 0 Å². The molecule has 0 fully saturated rings. The third-order valence-corrected chi connectivity index (χ3v) is 3.67. The highest BCUT2D eigenvalue weighted by molar-refractivity contribution is 5.82. The first-order chi connectivity index (χ1) is 8.29. The SMILES string of the molecule is CCC(C)CCCc1ccc2ccccc2c1. The van der Waals surface area contributed by atoms with Crippen LogP contribution in [0.2, 0.25) is 0 Å². The summed E-state index contributed by atoms with van der Waals surface area (Å²) in [6.07, 6.45) is 5.18. The maximum atomic E-state index is 2.35. The fourth-order valence-electron chi connectivity index (χ4n) is 2.25. The van der Waals surface area contributed by atoms with E-state index in [1.165, 1.54) is 42.0 Å². The van der Waals surface area contributed by atoms with Gasteiger partial charge in [0.2, 0.25) is 0 Å². The predicted molar refractivity (Wildman–Crippen MR) is 76.3 cm³/mol. The van der Waals surface area contributed by atoms with Crippen LogP contribution in [0.4, 0.5) is 0 Å². The Morgan fingerprint density at radius 3 is 2.53 bits per heavy atom. The summed E-state index contributed by atoms with van der Waals surface area (Å²) in [7, 11) is 0. The van der Waals surface area contributed by atoms with E-state index in [1.54, 1.807) is 0 Å². The highest BCUT2D eigenvalue weighted by Crippen LogP contribution is 2.18. The standard InChI is InChI=1S/C17H22/c1-3-14(2)7-6-8-15-11-12-16-9-4-5-10-17(16)13-15/h4-5,9-14H,3,6-8H2,1-2H3. The van der Waals surface area contributed by atoms with E-state index in [4.69, 9.17) is 0 Å². The van der Waals surface area contributed by atoms with Crippen molar-refractivity contribution in [2.24, 2.45) is 5.92 Å².